The van der Waals surface area contributed by atoms with E-state index in [1.807, 2.05) is 25.1 Å². The van der Waals surface area contributed by atoms with Crippen LogP contribution in [-0.2, 0) is 6.42 Å². The predicted octanol–water partition coefficient (Wildman–Crippen LogP) is 4.53. The highest BCUT2D eigenvalue weighted by Gasteiger charge is 2.20. The minimum atomic E-state index is -0.0901. The van der Waals surface area contributed by atoms with Crippen LogP contribution in [0.15, 0.2) is 53.3 Å². The minimum Gasteiger partial charge on any atom is -0.309 e. The number of benzene rings is 2. The molecule has 2 aromatic carbocycles. The van der Waals surface area contributed by atoms with Gasteiger partial charge in [-0.1, -0.05) is 57.2 Å². The second-order valence-corrected chi connectivity index (χ2v) is 7.17. The summed E-state index contributed by atoms with van der Waals surface area (Å²) in [6.45, 7) is 8.61. The van der Waals surface area contributed by atoms with E-state index in [9.17, 15) is 4.79 Å². The van der Waals surface area contributed by atoms with E-state index in [2.05, 4.69) is 60.3 Å². The van der Waals surface area contributed by atoms with Gasteiger partial charge >= 0.3 is 0 Å². The summed E-state index contributed by atoms with van der Waals surface area (Å²) in [5.74, 6) is 1.08. The zero-order valence-corrected chi connectivity index (χ0v) is 15.9. The number of nitrogens with zero attached hydrogens (tertiary/aromatic N) is 1. The second-order valence-electron chi connectivity index (χ2n) is 7.17. The maximum atomic E-state index is 12.3. The van der Waals surface area contributed by atoms with Gasteiger partial charge in [-0.15, -0.1) is 0 Å². The lowest BCUT2D eigenvalue weighted by molar-refractivity contribution is 0.367. The van der Waals surface area contributed by atoms with Crippen LogP contribution in [0, 0.1) is 5.92 Å². The Morgan fingerprint density at radius 2 is 1.73 bits per heavy atom. The van der Waals surface area contributed by atoms with Gasteiger partial charge in [0.1, 0.15) is 5.82 Å². The second kappa shape index (κ2) is 7.83. The van der Waals surface area contributed by atoms with Gasteiger partial charge in [0.2, 0.25) is 0 Å². The molecule has 0 fully saturated rings. The average Bonchev–Trinajstić information content (AvgIpc) is 2.65. The third-order valence-electron chi connectivity index (χ3n) is 4.88. The van der Waals surface area contributed by atoms with Gasteiger partial charge < -0.3 is 10.3 Å². The summed E-state index contributed by atoms with van der Waals surface area (Å²) in [5, 5.41) is 4.27. The van der Waals surface area contributed by atoms with Gasteiger partial charge in [-0.3, -0.25) is 4.79 Å². The fourth-order valence-corrected chi connectivity index (χ4v) is 3.29. The smallest absolute Gasteiger partial charge is 0.258 e. The van der Waals surface area contributed by atoms with Crippen molar-refractivity contribution in [2.45, 2.75) is 46.2 Å². The highest BCUT2D eigenvalue weighted by molar-refractivity contribution is 5.77. The van der Waals surface area contributed by atoms with Gasteiger partial charge in [0.15, 0.2) is 0 Å². The maximum Gasteiger partial charge on any atom is 0.258 e. The lowest BCUT2D eigenvalue weighted by Crippen LogP contribution is -2.30. The number of hydrogen-bond donors (Lipinski definition) is 2. The lowest BCUT2D eigenvalue weighted by atomic mass is 9.94. The fourth-order valence-electron chi connectivity index (χ4n) is 3.29. The molecule has 0 aliphatic heterocycles. The van der Waals surface area contributed by atoms with Crippen molar-refractivity contribution in [1.29, 1.82) is 0 Å². The van der Waals surface area contributed by atoms with E-state index in [0.717, 1.165) is 11.9 Å². The monoisotopic (exact) mass is 349 g/mol. The maximum absolute atomic E-state index is 12.3. The van der Waals surface area contributed by atoms with Crippen molar-refractivity contribution in [1.82, 2.24) is 15.3 Å². The highest BCUT2D eigenvalue weighted by atomic mass is 16.1. The van der Waals surface area contributed by atoms with Crippen LogP contribution in [-0.4, -0.2) is 9.97 Å². The van der Waals surface area contributed by atoms with Gasteiger partial charge in [0.25, 0.3) is 5.56 Å². The average molecular weight is 349 g/mol. The zero-order chi connectivity index (χ0) is 18.7. The first-order valence-corrected chi connectivity index (χ1v) is 9.33. The molecule has 2 atom stereocenters. The Labute approximate surface area is 154 Å². The number of H-pyrrole nitrogens is 1. The molecule has 0 aliphatic carbocycles. The molecule has 3 aromatic rings. The van der Waals surface area contributed by atoms with Crippen molar-refractivity contribution >= 4 is 10.9 Å². The molecule has 0 spiro atoms. The first-order chi connectivity index (χ1) is 12.5. The first kappa shape index (κ1) is 18.3. The van der Waals surface area contributed by atoms with E-state index in [4.69, 9.17) is 0 Å². The van der Waals surface area contributed by atoms with Crippen LogP contribution < -0.4 is 10.9 Å². The molecule has 3 rings (SSSR count). The molecule has 1 heterocycles. The Balaban J connectivity index is 1.88. The minimum absolute atomic E-state index is 0.0643. The number of aryl methyl sites for hydroxylation is 1. The molecule has 0 saturated heterocycles. The molecule has 0 unspecified atom stereocenters. The Bertz CT molecular complexity index is 928. The number of nitrogens with one attached hydrogen (secondary N) is 2. The fraction of sp³-hybridized carbons (Fsp3) is 0.364. The van der Waals surface area contributed by atoms with Crippen molar-refractivity contribution in [2.24, 2.45) is 5.92 Å². The van der Waals surface area contributed by atoms with Gasteiger partial charge in [0, 0.05) is 6.04 Å². The van der Waals surface area contributed by atoms with Gasteiger partial charge in [0.05, 0.1) is 16.9 Å². The summed E-state index contributed by atoms with van der Waals surface area (Å²) in [4.78, 5) is 19.9. The molecular weight excluding hydrogens is 322 g/mol. The summed E-state index contributed by atoms with van der Waals surface area (Å²) in [7, 11) is 0. The van der Waals surface area contributed by atoms with Crippen molar-refractivity contribution < 1.29 is 0 Å². The highest BCUT2D eigenvalue weighted by Crippen LogP contribution is 2.25. The number of hydrogen-bond acceptors (Lipinski definition) is 3. The van der Waals surface area contributed by atoms with Crippen molar-refractivity contribution in [2.75, 3.05) is 0 Å². The summed E-state index contributed by atoms with van der Waals surface area (Å²) in [6, 6.07) is 16.3. The molecule has 1 aromatic heterocycles. The molecule has 0 aliphatic rings. The Morgan fingerprint density at radius 3 is 2.38 bits per heavy atom. The SMILES string of the molecule is CCc1ccc([C@H](N[C@@H](C)c2nc3ccccc3c(=O)[nH]2)C(C)C)cc1. The molecule has 2 N–H and O–H groups in total. The summed E-state index contributed by atoms with van der Waals surface area (Å²) in [5.41, 5.74) is 3.23. The summed E-state index contributed by atoms with van der Waals surface area (Å²) in [6.07, 6.45) is 1.04. The van der Waals surface area contributed by atoms with E-state index in [1.165, 1.54) is 11.1 Å². The molecule has 4 nitrogen and oxygen atoms in total. The van der Waals surface area contributed by atoms with Crippen LogP contribution >= 0.6 is 0 Å². The van der Waals surface area contributed by atoms with E-state index < -0.39 is 0 Å². The third kappa shape index (κ3) is 3.86. The number of aromatic nitrogens is 2. The van der Waals surface area contributed by atoms with Gasteiger partial charge in [-0.05, 0) is 42.5 Å². The van der Waals surface area contributed by atoms with Crippen LogP contribution in [0.25, 0.3) is 10.9 Å². The lowest BCUT2D eigenvalue weighted by Gasteiger charge is -2.27. The predicted molar refractivity (Wildman–Crippen MR) is 107 cm³/mol. The molecule has 0 bridgehead atoms. The quantitative estimate of drug-likeness (QED) is 0.687. The Kier molecular flexibility index (Phi) is 5.52. The standard InChI is InChI=1S/C22H27N3O/c1-5-16-10-12-17(13-11-16)20(14(2)3)23-15(4)21-24-19-9-7-6-8-18(19)22(26)25-21/h6-15,20,23H,5H2,1-4H3,(H,24,25,26)/t15-,20+/m0/s1. The van der Waals surface area contributed by atoms with Crippen LogP contribution in [0.4, 0.5) is 0 Å². The Morgan fingerprint density at radius 1 is 1.04 bits per heavy atom. The first-order valence-electron chi connectivity index (χ1n) is 9.33. The number of fused-ring (bicyclic) bond motifs is 1. The molecule has 0 saturated carbocycles. The van der Waals surface area contributed by atoms with Crippen LogP contribution in [0.2, 0.25) is 0 Å². The summed E-state index contributed by atoms with van der Waals surface area (Å²) < 4.78 is 0. The van der Waals surface area contributed by atoms with Crippen molar-refractivity contribution in [3.63, 3.8) is 0 Å². The number of aromatic amines is 1. The molecule has 136 valence electrons. The molecule has 0 radical (unpaired) electrons. The van der Waals surface area contributed by atoms with Crippen LogP contribution in [0.5, 0.6) is 0 Å². The Hall–Kier alpha value is -2.46. The van der Waals surface area contributed by atoms with Crippen LogP contribution in [0.1, 0.15) is 56.7 Å². The summed E-state index contributed by atoms with van der Waals surface area (Å²) >= 11 is 0. The molecule has 4 heteroatoms. The molecular formula is C22H27N3O. The topological polar surface area (TPSA) is 57.8 Å². The van der Waals surface area contributed by atoms with Crippen LogP contribution in [0.3, 0.4) is 0 Å². The zero-order valence-electron chi connectivity index (χ0n) is 15.9. The van der Waals surface area contributed by atoms with E-state index >= 15 is 0 Å². The third-order valence-corrected chi connectivity index (χ3v) is 4.88. The number of para-hydroxylation sites is 1. The molecule has 0 amide bonds. The normalized spacial score (nSPS) is 13.9. The van der Waals surface area contributed by atoms with Gasteiger partial charge in [-0.25, -0.2) is 4.98 Å². The van der Waals surface area contributed by atoms with E-state index in [-0.39, 0.29) is 17.6 Å². The number of rotatable bonds is 6. The van der Waals surface area contributed by atoms with E-state index in [1.54, 1.807) is 6.07 Å². The molecule has 26 heavy (non-hydrogen) atoms. The van der Waals surface area contributed by atoms with Crippen molar-refractivity contribution in [3.8, 4) is 0 Å². The largest absolute Gasteiger partial charge is 0.309 e. The van der Waals surface area contributed by atoms with Gasteiger partial charge in [-0.2, -0.15) is 0 Å². The van der Waals surface area contributed by atoms with Crippen molar-refractivity contribution in [3.05, 3.63) is 75.8 Å². The van der Waals surface area contributed by atoms with E-state index in [0.29, 0.717) is 17.1 Å².